The highest BCUT2D eigenvalue weighted by Crippen LogP contribution is 2.29. The molecule has 31 heavy (non-hydrogen) atoms. The Morgan fingerprint density at radius 3 is 2.87 bits per heavy atom. The van der Waals surface area contributed by atoms with Crippen LogP contribution < -0.4 is 16.0 Å². The number of hydrogen-bond donors (Lipinski definition) is 4. The molecule has 1 saturated carbocycles. The van der Waals surface area contributed by atoms with Crippen molar-refractivity contribution >= 4 is 34.5 Å². The minimum Gasteiger partial charge on any atom is -0.363 e. The van der Waals surface area contributed by atoms with E-state index in [1.165, 1.54) is 0 Å². The molecule has 3 heterocycles. The maximum absolute atomic E-state index is 14.6. The van der Waals surface area contributed by atoms with E-state index < -0.39 is 5.82 Å². The van der Waals surface area contributed by atoms with Crippen LogP contribution in [0.25, 0.3) is 22.4 Å². The molecule has 0 aromatic carbocycles. The first-order valence-electron chi connectivity index (χ1n) is 10.5. The second-order valence-electron chi connectivity index (χ2n) is 7.68. The van der Waals surface area contributed by atoms with E-state index in [0.717, 1.165) is 43.7 Å². The van der Waals surface area contributed by atoms with Gasteiger partial charge in [0.05, 0.1) is 17.3 Å². The Kier molecular flexibility index (Phi) is 6.50. The minimum atomic E-state index is -0.542. The third-order valence-electron chi connectivity index (χ3n) is 5.42. The Balaban J connectivity index is 1.56. The highest BCUT2D eigenvalue weighted by atomic mass is 35.5. The van der Waals surface area contributed by atoms with E-state index in [-0.39, 0.29) is 23.9 Å². The Labute approximate surface area is 184 Å². The molecule has 0 bridgehead atoms. The van der Waals surface area contributed by atoms with Crippen LogP contribution in [-0.2, 0) is 0 Å². The summed E-state index contributed by atoms with van der Waals surface area (Å²) in [5.74, 6) is -0.0678. The van der Waals surface area contributed by atoms with Crippen LogP contribution in [-0.4, -0.2) is 44.6 Å². The molecule has 2 atom stereocenters. The molecule has 1 aliphatic rings. The highest BCUT2D eigenvalue weighted by molar-refractivity contribution is 6.31. The molecule has 0 aliphatic heterocycles. The van der Waals surface area contributed by atoms with Crippen LogP contribution in [0, 0.1) is 5.82 Å². The summed E-state index contributed by atoms with van der Waals surface area (Å²) in [4.78, 5) is 28.0. The summed E-state index contributed by atoms with van der Waals surface area (Å²) in [5.41, 5.74) is 1.33. The van der Waals surface area contributed by atoms with Gasteiger partial charge in [-0.1, -0.05) is 31.4 Å². The molecule has 8 nitrogen and oxygen atoms in total. The Morgan fingerprint density at radius 1 is 1.26 bits per heavy atom. The highest BCUT2D eigenvalue weighted by Gasteiger charge is 2.28. The summed E-state index contributed by atoms with van der Waals surface area (Å²) < 4.78 is 14.6. The van der Waals surface area contributed by atoms with Crippen LogP contribution in [0.4, 0.5) is 15.0 Å². The number of nitrogens with one attached hydrogen (secondary N) is 4. The first kappa shape index (κ1) is 21.3. The van der Waals surface area contributed by atoms with E-state index in [9.17, 15) is 9.18 Å². The molecule has 4 rings (SSSR count). The van der Waals surface area contributed by atoms with Gasteiger partial charge in [0, 0.05) is 35.9 Å². The molecule has 0 radical (unpaired) electrons. The standard InChI is InChI=1S/C21H25ClFN7O/c1-2-7-24-21(31)29-17-6-4-3-5-16(17)28-20-15(23)11-27-19(30-20)14-10-26-18-13(14)8-12(22)9-25-18/h8-11,16-17H,2-7H2,1H3,(H,25,26)(H2,24,29,31)(H,27,28,30)/t16-,17+/m0/s1. The van der Waals surface area contributed by atoms with Gasteiger partial charge < -0.3 is 20.9 Å². The van der Waals surface area contributed by atoms with Crippen molar-refractivity contribution in [3.63, 3.8) is 0 Å². The summed E-state index contributed by atoms with van der Waals surface area (Å²) >= 11 is 6.08. The quantitative estimate of drug-likeness (QED) is 0.453. The van der Waals surface area contributed by atoms with Gasteiger partial charge in [0.15, 0.2) is 17.5 Å². The molecular formula is C21H25ClFN7O. The molecule has 0 saturated heterocycles. The summed E-state index contributed by atoms with van der Waals surface area (Å²) in [7, 11) is 0. The molecule has 164 valence electrons. The van der Waals surface area contributed by atoms with Gasteiger partial charge in [0.2, 0.25) is 0 Å². The number of nitrogens with zero attached hydrogens (tertiary/aromatic N) is 3. The van der Waals surface area contributed by atoms with Crippen molar-refractivity contribution in [3.8, 4) is 11.4 Å². The molecule has 1 fully saturated rings. The second-order valence-corrected chi connectivity index (χ2v) is 8.12. The number of urea groups is 1. The zero-order valence-electron chi connectivity index (χ0n) is 17.2. The van der Waals surface area contributed by atoms with Crippen molar-refractivity contribution in [1.29, 1.82) is 0 Å². The second kappa shape index (κ2) is 9.47. The first-order chi connectivity index (χ1) is 15.0. The number of carbonyl (C=O) groups excluding carboxylic acids is 1. The van der Waals surface area contributed by atoms with Crippen molar-refractivity contribution in [2.45, 2.75) is 51.1 Å². The lowest BCUT2D eigenvalue weighted by molar-refractivity contribution is 0.230. The predicted molar refractivity (Wildman–Crippen MR) is 119 cm³/mol. The topological polar surface area (TPSA) is 108 Å². The molecule has 4 N–H and O–H groups in total. The third kappa shape index (κ3) is 4.87. The zero-order chi connectivity index (χ0) is 21.8. The van der Waals surface area contributed by atoms with Crippen molar-refractivity contribution in [1.82, 2.24) is 30.6 Å². The number of H-pyrrole nitrogens is 1. The van der Waals surface area contributed by atoms with Crippen molar-refractivity contribution in [2.75, 3.05) is 11.9 Å². The van der Waals surface area contributed by atoms with E-state index in [1.54, 1.807) is 18.5 Å². The third-order valence-corrected chi connectivity index (χ3v) is 5.63. The average molecular weight is 446 g/mol. The molecule has 0 unspecified atom stereocenters. The van der Waals surface area contributed by atoms with Gasteiger partial charge >= 0.3 is 6.03 Å². The average Bonchev–Trinajstić information content (AvgIpc) is 3.18. The lowest BCUT2D eigenvalue weighted by Gasteiger charge is -2.33. The van der Waals surface area contributed by atoms with Crippen LogP contribution in [0.1, 0.15) is 39.0 Å². The van der Waals surface area contributed by atoms with Crippen LogP contribution in [0.3, 0.4) is 0 Å². The number of aromatic amines is 1. The van der Waals surface area contributed by atoms with Crippen molar-refractivity contribution in [2.24, 2.45) is 0 Å². The van der Waals surface area contributed by atoms with E-state index in [2.05, 4.69) is 35.9 Å². The van der Waals surface area contributed by atoms with Crippen molar-refractivity contribution in [3.05, 3.63) is 35.5 Å². The summed E-state index contributed by atoms with van der Waals surface area (Å²) in [6, 6.07) is 1.33. The van der Waals surface area contributed by atoms with Gasteiger partial charge in [-0.15, -0.1) is 0 Å². The fraction of sp³-hybridized carbons (Fsp3) is 0.429. The van der Waals surface area contributed by atoms with Crippen molar-refractivity contribution < 1.29 is 9.18 Å². The lowest BCUT2D eigenvalue weighted by Crippen LogP contribution is -2.51. The normalized spacial score (nSPS) is 18.7. The lowest BCUT2D eigenvalue weighted by atomic mass is 9.90. The van der Waals surface area contributed by atoms with Gasteiger partial charge in [0.25, 0.3) is 0 Å². The van der Waals surface area contributed by atoms with E-state index in [1.807, 2.05) is 6.92 Å². The predicted octanol–water partition coefficient (Wildman–Crippen LogP) is 4.24. The van der Waals surface area contributed by atoms with Crippen LogP contribution >= 0.6 is 11.6 Å². The van der Waals surface area contributed by atoms with E-state index >= 15 is 0 Å². The summed E-state index contributed by atoms with van der Waals surface area (Å²) in [6.07, 6.45) is 8.94. The maximum Gasteiger partial charge on any atom is 0.315 e. The number of rotatable bonds is 6. The monoisotopic (exact) mass is 445 g/mol. The number of fused-ring (bicyclic) bond motifs is 1. The number of aromatic nitrogens is 4. The van der Waals surface area contributed by atoms with Gasteiger partial charge in [-0.3, -0.25) is 0 Å². The SMILES string of the molecule is CCCNC(=O)N[C@@H]1CCCC[C@@H]1Nc1nc(-c2c[nH]c3ncc(Cl)cc23)ncc1F. The van der Waals surface area contributed by atoms with Gasteiger partial charge in [-0.25, -0.2) is 24.1 Å². The summed E-state index contributed by atoms with van der Waals surface area (Å²) in [6.45, 7) is 2.61. The largest absolute Gasteiger partial charge is 0.363 e. The molecule has 10 heteroatoms. The smallest absolute Gasteiger partial charge is 0.315 e. The fourth-order valence-corrected chi connectivity index (χ4v) is 4.03. The summed E-state index contributed by atoms with van der Waals surface area (Å²) in [5, 5.41) is 10.3. The number of carbonyl (C=O) groups is 1. The molecule has 2 amide bonds. The molecule has 0 spiro atoms. The molecular weight excluding hydrogens is 421 g/mol. The van der Waals surface area contributed by atoms with Crippen LogP contribution in [0.15, 0.2) is 24.7 Å². The number of anilines is 1. The Bertz CT molecular complexity index is 1070. The van der Waals surface area contributed by atoms with Crippen LogP contribution in [0.5, 0.6) is 0 Å². The van der Waals surface area contributed by atoms with Crippen LogP contribution in [0.2, 0.25) is 5.02 Å². The van der Waals surface area contributed by atoms with Gasteiger partial charge in [0.1, 0.15) is 5.65 Å². The number of amides is 2. The number of hydrogen-bond acceptors (Lipinski definition) is 5. The minimum absolute atomic E-state index is 0.112. The fourth-order valence-electron chi connectivity index (χ4n) is 3.87. The first-order valence-corrected chi connectivity index (χ1v) is 10.9. The molecule has 3 aromatic rings. The number of pyridine rings is 1. The van der Waals surface area contributed by atoms with Gasteiger partial charge in [-0.05, 0) is 25.3 Å². The molecule has 3 aromatic heterocycles. The van der Waals surface area contributed by atoms with Gasteiger partial charge in [-0.2, -0.15) is 0 Å². The molecule has 1 aliphatic carbocycles. The van der Waals surface area contributed by atoms with E-state index in [4.69, 9.17) is 11.6 Å². The Hall–Kier alpha value is -2.94. The number of halogens is 2. The zero-order valence-corrected chi connectivity index (χ0v) is 18.0. The Morgan fingerprint density at radius 2 is 2.06 bits per heavy atom. The van der Waals surface area contributed by atoms with E-state index in [0.29, 0.717) is 28.6 Å². The maximum atomic E-state index is 14.6.